The van der Waals surface area contributed by atoms with Gasteiger partial charge in [0.2, 0.25) is 5.91 Å². The van der Waals surface area contributed by atoms with Gasteiger partial charge in [0.05, 0.1) is 12.8 Å². The van der Waals surface area contributed by atoms with Crippen molar-refractivity contribution in [2.24, 2.45) is 4.99 Å². The van der Waals surface area contributed by atoms with E-state index >= 15 is 0 Å². The van der Waals surface area contributed by atoms with Gasteiger partial charge in [-0.25, -0.2) is 4.39 Å². The maximum atomic E-state index is 13.0. The van der Waals surface area contributed by atoms with Crippen LogP contribution in [0, 0.1) is 5.82 Å². The highest BCUT2D eigenvalue weighted by molar-refractivity contribution is 14.0. The molecule has 0 heterocycles. The van der Waals surface area contributed by atoms with Crippen molar-refractivity contribution in [1.29, 1.82) is 0 Å². The van der Waals surface area contributed by atoms with E-state index in [1.54, 1.807) is 26.3 Å². The molecule has 0 saturated heterocycles. The minimum atomic E-state index is -0.251. The van der Waals surface area contributed by atoms with Gasteiger partial charge < -0.3 is 20.3 Å². The fraction of sp³-hybridized carbons (Fsp3) is 0.300. The molecule has 0 aromatic heterocycles. The second-order valence-electron chi connectivity index (χ2n) is 6.10. The van der Waals surface area contributed by atoms with Gasteiger partial charge in [0.1, 0.15) is 11.6 Å². The number of nitrogens with zero attached hydrogens (tertiary/aromatic N) is 2. The van der Waals surface area contributed by atoms with Crippen molar-refractivity contribution < 1.29 is 13.9 Å². The van der Waals surface area contributed by atoms with Crippen LogP contribution in [0.1, 0.15) is 18.1 Å². The largest absolute Gasteiger partial charge is 0.495 e. The highest BCUT2D eigenvalue weighted by Gasteiger charge is 2.09. The van der Waals surface area contributed by atoms with Gasteiger partial charge in [0.25, 0.3) is 0 Å². The van der Waals surface area contributed by atoms with Gasteiger partial charge in [-0.2, -0.15) is 0 Å². The molecule has 2 aromatic rings. The quantitative estimate of drug-likeness (QED) is 0.362. The maximum absolute atomic E-state index is 13.0. The average molecular weight is 500 g/mol. The lowest BCUT2D eigenvalue weighted by atomic mass is 10.2. The van der Waals surface area contributed by atoms with E-state index in [0.29, 0.717) is 30.5 Å². The Bertz CT molecular complexity index is 812. The Morgan fingerprint density at radius 3 is 2.39 bits per heavy atom. The Balaban J connectivity index is 0.00000392. The van der Waals surface area contributed by atoms with Crippen LogP contribution in [0.2, 0.25) is 0 Å². The normalized spacial score (nSPS) is 10.7. The van der Waals surface area contributed by atoms with Crippen molar-refractivity contribution in [1.82, 2.24) is 10.2 Å². The van der Waals surface area contributed by atoms with Crippen molar-refractivity contribution in [2.45, 2.75) is 20.0 Å². The van der Waals surface area contributed by atoms with Crippen molar-refractivity contribution in [3.05, 3.63) is 59.4 Å². The van der Waals surface area contributed by atoms with Gasteiger partial charge in [-0.3, -0.25) is 9.79 Å². The fourth-order valence-electron chi connectivity index (χ4n) is 2.66. The monoisotopic (exact) mass is 500 g/mol. The van der Waals surface area contributed by atoms with Gasteiger partial charge in [-0.05, 0) is 35.4 Å². The van der Waals surface area contributed by atoms with Crippen LogP contribution < -0.4 is 15.4 Å². The molecule has 0 aliphatic rings. The molecule has 0 saturated carbocycles. The van der Waals surface area contributed by atoms with Gasteiger partial charge in [0.15, 0.2) is 5.96 Å². The number of methoxy groups -OCH3 is 1. The highest BCUT2D eigenvalue weighted by atomic mass is 127. The van der Waals surface area contributed by atoms with Crippen molar-refractivity contribution in [3.63, 3.8) is 0 Å². The molecule has 2 N–H and O–H groups in total. The van der Waals surface area contributed by atoms with E-state index in [1.165, 1.54) is 19.1 Å². The number of amides is 1. The summed E-state index contributed by atoms with van der Waals surface area (Å²) >= 11 is 0. The SMILES string of the molecule is CN=C(NCc1ccc(OC)c(NC(C)=O)c1)N(C)Cc1ccc(F)cc1.I. The molecule has 8 heteroatoms. The predicted octanol–water partition coefficient (Wildman–Crippen LogP) is 3.62. The minimum absolute atomic E-state index is 0. The van der Waals surface area contributed by atoms with E-state index < -0.39 is 0 Å². The molecular formula is C20H26FIN4O2. The van der Waals surface area contributed by atoms with E-state index in [0.717, 1.165) is 11.1 Å². The first-order chi connectivity index (χ1) is 12.9. The number of carbonyl (C=O) groups is 1. The summed E-state index contributed by atoms with van der Waals surface area (Å²) in [5.41, 5.74) is 2.58. The summed E-state index contributed by atoms with van der Waals surface area (Å²) in [6, 6.07) is 12.0. The van der Waals surface area contributed by atoms with Crippen molar-refractivity contribution >= 4 is 41.5 Å². The van der Waals surface area contributed by atoms with Crippen LogP contribution in [0.15, 0.2) is 47.5 Å². The number of hydrogen-bond donors (Lipinski definition) is 2. The summed E-state index contributed by atoms with van der Waals surface area (Å²) in [5, 5.41) is 6.05. The Hall–Kier alpha value is -2.36. The fourth-order valence-corrected chi connectivity index (χ4v) is 2.66. The van der Waals surface area contributed by atoms with Gasteiger partial charge in [-0.15, -0.1) is 24.0 Å². The summed E-state index contributed by atoms with van der Waals surface area (Å²) in [4.78, 5) is 17.6. The third kappa shape index (κ3) is 6.99. The minimum Gasteiger partial charge on any atom is -0.495 e. The van der Waals surface area contributed by atoms with E-state index in [2.05, 4.69) is 15.6 Å². The zero-order chi connectivity index (χ0) is 19.8. The lowest BCUT2D eigenvalue weighted by molar-refractivity contribution is -0.114. The van der Waals surface area contributed by atoms with Gasteiger partial charge in [-0.1, -0.05) is 18.2 Å². The van der Waals surface area contributed by atoms with Gasteiger partial charge in [0, 0.05) is 34.1 Å². The standard InChI is InChI=1S/C20H25FN4O2.HI/c1-14(26)24-18-11-16(7-10-19(18)27-4)12-23-20(22-2)25(3)13-15-5-8-17(21)9-6-15;/h5-11H,12-13H2,1-4H3,(H,22,23)(H,24,26);1H. The molecule has 0 aliphatic carbocycles. The number of anilines is 1. The van der Waals surface area contributed by atoms with E-state index in [4.69, 9.17) is 4.74 Å². The first-order valence-electron chi connectivity index (χ1n) is 8.53. The lowest BCUT2D eigenvalue weighted by Crippen LogP contribution is -2.38. The smallest absolute Gasteiger partial charge is 0.221 e. The summed E-state index contributed by atoms with van der Waals surface area (Å²) in [7, 11) is 5.18. The highest BCUT2D eigenvalue weighted by Crippen LogP contribution is 2.25. The molecular weight excluding hydrogens is 474 g/mol. The molecule has 2 rings (SSSR count). The number of aliphatic imine (C=N–C) groups is 1. The first-order valence-corrected chi connectivity index (χ1v) is 8.53. The summed E-state index contributed by atoms with van der Waals surface area (Å²) in [5.74, 6) is 0.898. The lowest BCUT2D eigenvalue weighted by Gasteiger charge is -2.22. The molecule has 0 spiro atoms. The zero-order valence-corrected chi connectivity index (χ0v) is 18.8. The number of ether oxygens (including phenoxy) is 1. The predicted molar refractivity (Wildman–Crippen MR) is 121 cm³/mol. The van der Waals surface area contributed by atoms with Crippen LogP contribution >= 0.6 is 24.0 Å². The number of halogens is 2. The first kappa shape index (κ1) is 23.7. The number of carbonyl (C=O) groups excluding carboxylic acids is 1. The molecule has 0 bridgehead atoms. The number of nitrogens with one attached hydrogen (secondary N) is 2. The molecule has 0 radical (unpaired) electrons. The van der Waals surface area contributed by atoms with E-state index in [9.17, 15) is 9.18 Å². The molecule has 0 unspecified atom stereocenters. The van der Waals surface area contributed by atoms with E-state index in [1.807, 2.05) is 30.1 Å². The third-order valence-electron chi connectivity index (χ3n) is 3.93. The van der Waals surface area contributed by atoms with Gasteiger partial charge >= 0.3 is 0 Å². The molecule has 0 fully saturated rings. The molecule has 2 aromatic carbocycles. The second-order valence-corrected chi connectivity index (χ2v) is 6.10. The van der Waals surface area contributed by atoms with Crippen LogP contribution in [0.4, 0.5) is 10.1 Å². The number of hydrogen-bond acceptors (Lipinski definition) is 3. The second kappa shape index (κ2) is 11.5. The molecule has 0 atom stereocenters. The Morgan fingerprint density at radius 1 is 1.18 bits per heavy atom. The number of rotatable bonds is 6. The van der Waals surface area contributed by atoms with Crippen molar-refractivity contribution in [3.8, 4) is 5.75 Å². The molecule has 28 heavy (non-hydrogen) atoms. The summed E-state index contributed by atoms with van der Waals surface area (Å²) in [6.45, 7) is 2.58. The zero-order valence-electron chi connectivity index (χ0n) is 16.5. The average Bonchev–Trinajstić information content (AvgIpc) is 2.64. The topological polar surface area (TPSA) is 66.0 Å². The van der Waals surface area contributed by atoms with Crippen LogP contribution in [-0.2, 0) is 17.9 Å². The van der Waals surface area contributed by atoms with Crippen molar-refractivity contribution in [2.75, 3.05) is 26.5 Å². The summed E-state index contributed by atoms with van der Waals surface area (Å²) < 4.78 is 18.3. The van der Waals surface area contributed by atoms with Crippen LogP contribution in [-0.4, -0.2) is 38.0 Å². The number of guanidine groups is 1. The third-order valence-corrected chi connectivity index (χ3v) is 3.93. The maximum Gasteiger partial charge on any atom is 0.221 e. The Morgan fingerprint density at radius 2 is 1.82 bits per heavy atom. The molecule has 6 nitrogen and oxygen atoms in total. The van der Waals surface area contributed by atoms with E-state index in [-0.39, 0.29) is 35.7 Å². The molecule has 1 amide bonds. The van der Waals surface area contributed by atoms with Crippen LogP contribution in [0.25, 0.3) is 0 Å². The Kier molecular flexibility index (Phi) is 9.70. The van der Waals surface area contributed by atoms with Crippen LogP contribution in [0.3, 0.4) is 0 Å². The number of benzene rings is 2. The van der Waals surface area contributed by atoms with Crippen LogP contribution in [0.5, 0.6) is 5.75 Å². The molecule has 0 aliphatic heterocycles. The molecule has 152 valence electrons. The Labute approximate surface area is 182 Å². The summed E-state index contributed by atoms with van der Waals surface area (Å²) in [6.07, 6.45) is 0.